The molecule has 0 amide bonds. The molecule has 0 fully saturated rings. The molecule has 1 unspecified atom stereocenters. The van der Waals surface area contributed by atoms with E-state index in [1.54, 1.807) is 0 Å². The summed E-state index contributed by atoms with van der Waals surface area (Å²) < 4.78 is 0. The fourth-order valence-corrected chi connectivity index (χ4v) is 3.66. The molecular weight excluding hydrogens is 276 g/mol. The van der Waals surface area contributed by atoms with Crippen LogP contribution < -0.4 is 5.32 Å². The second kappa shape index (κ2) is 6.37. The van der Waals surface area contributed by atoms with Gasteiger partial charge in [0.25, 0.3) is 0 Å². The Bertz CT molecular complexity index is 733. The summed E-state index contributed by atoms with van der Waals surface area (Å²) >= 11 is 1.90. The summed E-state index contributed by atoms with van der Waals surface area (Å²) in [5.74, 6) is 0. The Morgan fingerprint density at radius 3 is 2.81 bits per heavy atom. The van der Waals surface area contributed by atoms with Gasteiger partial charge in [-0.3, -0.25) is 4.98 Å². The first-order valence-corrected chi connectivity index (χ1v) is 8.30. The van der Waals surface area contributed by atoms with E-state index in [9.17, 15) is 0 Å². The van der Waals surface area contributed by atoms with Crippen LogP contribution >= 0.6 is 11.3 Å². The molecule has 3 rings (SSSR count). The maximum Gasteiger partial charge on any atom is 0.0702 e. The van der Waals surface area contributed by atoms with Crippen molar-refractivity contribution in [2.24, 2.45) is 0 Å². The van der Waals surface area contributed by atoms with E-state index in [2.05, 4.69) is 60.5 Å². The van der Waals surface area contributed by atoms with E-state index in [4.69, 9.17) is 0 Å². The van der Waals surface area contributed by atoms with Crippen molar-refractivity contribution >= 4 is 22.2 Å². The van der Waals surface area contributed by atoms with Crippen molar-refractivity contribution in [2.45, 2.75) is 26.3 Å². The van der Waals surface area contributed by atoms with Gasteiger partial charge < -0.3 is 5.32 Å². The second-order valence-electron chi connectivity index (χ2n) is 5.10. The van der Waals surface area contributed by atoms with Crippen molar-refractivity contribution in [1.82, 2.24) is 10.3 Å². The van der Waals surface area contributed by atoms with Crippen LogP contribution in [0.25, 0.3) is 10.9 Å². The van der Waals surface area contributed by atoms with Gasteiger partial charge in [0, 0.05) is 21.3 Å². The molecule has 1 N–H and O–H groups in total. The highest BCUT2D eigenvalue weighted by Crippen LogP contribution is 2.30. The van der Waals surface area contributed by atoms with Gasteiger partial charge in [-0.15, -0.1) is 11.3 Å². The fourth-order valence-electron chi connectivity index (χ4n) is 2.60. The summed E-state index contributed by atoms with van der Waals surface area (Å²) in [4.78, 5) is 7.23. The van der Waals surface area contributed by atoms with Crippen LogP contribution in [0.4, 0.5) is 0 Å². The Morgan fingerprint density at radius 1 is 1.14 bits per heavy atom. The molecule has 2 aromatic heterocycles. The minimum absolute atomic E-state index is 0.268. The van der Waals surface area contributed by atoms with Crippen LogP contribution in [-0.4, -0.2) is 11.5 Å². The number of pyridine rings is 1. The Hall–Kier alpha value is -1.71. The Balaban J connectivity index is 2.01. The molecule has 1 aromatic carbocycles. The predicted molar refractivity (Wildman–Crippen MR) is 91.0 cm³/mol. The summed E-state index contributed by atoms with van der Waals surface area (Å²) in [5, 5.41) is 4.81. The third-order valence-corrected chi connectivity index (χ3v) is 4.98. The molecule has 3 heteroatoms. The van der Waals surface area contributed by atoms with Gasteiger partial charge in [0.1, 0.15) is 0 Å². The van der Waals surface area contributed by atoms with Crippen LogP contribution in [0.15, 0.2) is 48.7 Å². The van der Waals surface area contributed by atoms with Crippen LogP contribution in [0.3, 0.4) is 0 Å². The van der Waals surface area contributed by atoms with Gasteiger partial charge in [0.15, 0.2) is 0 Å². The maximum absolute atomic E-state index is 4.40. The molecular formula is C18H20N2S. The van der Waals surface area contributed by atoms with Gasteiger partial charge in [-0.1, -0.05) is 26.0 Å². The Kier molecular flexibility index (Phi) is 4.32. The minimum atomic E-state index is 0.268. The van der Waals surface area contributed by atoms with Gasteiger partial charge >= 0.3 is 0 Å². The number of thiophene rings is 1. The van der Waals surface area contributed by atoms with Crippen LogP contribution in [0.2, 0.25) is 0 Å². The van der Waals surface area contributed by atoms with Gasteiger partial charge in [-0.2, -0.15) is 0 Å². The fraction of sp³-hybridized carbons (Fsp3) is 0.278. The summed E-state index contributed by atoms with van der Waals surface area (Å²) in [7, 11) is 0. The largest absolute Gasteiger partial charge is 0.306 e. The molecule has 0 aliphatic carbocycles. The van der Waals surface area contributed by atoms with Crippen LogP contribution in [-0.2, 0) is 6.42 Å². The van der Waals surface area contributed by atoms with Gasteiger partial charge in [0.2, 0.25) is 0 Å². The molecule has 2 heterocycles. The lowest BCUT2D eigenvalue weighted by molar-refractivity contribution is 0.640. The highest BCUT2D eigenvalue weighted by atomic mass is 32.1. The van der Waals surface area contributed by atoms with Gasteiger partial charge in [0.05, 0.1) is 11.6 Å². The SMILES string of the molecule is CCNC(c1ccc2ncccc2c1)c1ccc(CC)s1. The Labute approximate surface area is 129 Å². The number of nitrogens with zero attached hydrogens (tertiary/aromatic N) is 1. The molecule has 2 nitrogen and oxygen atoms in total. The summed E-state index contributed by atoms with van der Waals surface area (Å²) in [5.41, 5.74) is 2.36. The molecule has 0 saturated heterocycles. The summed E-state index contributed by atoms with van der Waals surface area (Å²) in [6.45, 7) is 5.32. The molecule has 0 aliphatic rings. The zero-order valence-corrected chi connectivity index (χ0v) is 13.3. The quantitative estimate of drug-likeness (QED) is 0.746. The Morgan fingerprint density at radius 2 is 2.05 bits per heavy atom. The number of nitrogens with one attached hydrogen (secondary N) is 1. The van der Waals surface area contributed by atoms with Crippen molar-refractivity contribution < 1.29 is 0 Å². The van der Waals surface area contributed by atoms with E-state index >= 15 is 0 Å². The molecule has 21 heavy (non-hydrogen) atoms. The first kappa shape index (κ1) is 14.2. The number of aryl methyl sites for hydroxylation is 1. The molecule has 1 atom stereocenters. The van der Waals surface area contributed by atoms with Gasteiger partial charge in [-0.05, 0) is 48.9 Å². The zero-order valence-electron chi connectivity index (χ0n) is 12.5. The summed E-state index contributed by atoms with van der Waals surface area (Å²) in [6.07, 6.45) is 2.95. The maximum atomic E-state index is 4.40. The van der Waals surface area contributed by atoms with Crippen molar-refractivity contribution in [3.05, 3.63) is 64.0 Å². The number of hydrogen-bond acceptors (Lipinski definition) is 3. The van der Waals surface area contributed by atoms with E-state index in [0.717, 1.165) is 18.5 Å². The standard InChI is InChI=1S/C18H20N2S/c1-3-15-8-10-17(21-15)18(19-4-2)14-7-9-16-13(12-14)6-5-11-20-16/h5-12,18-19H,3-4H2,1-2H3. The zero-order chi connectivity index (χ0) is 14.7. The van der Waals surface area contributed by atoms with Crippen molar-refractivity contribution in [3.63, 3.8) is 0 Å². The average Bonchev–Trinajstić information content (AvgIpc) is 3.01. The monoisotopic (exact) mass is 296 g/mol. The number of hydrogen-bond donors (Lipinski definition) is 1. The minimum Gasteiger partial charge on any atom is -0.306 e. The molecule has 0 spiro atoms. The van der Waals surface area contributed by atoms with Crippen molar-refractivity contribution in [1.29, 1.82) is 0 Å². The predicted octanol–water partition coefficient (Wildman–Crippen LogP) is 4.56. The van der Waals surface area contributed by atoms with Crippen LogP contribution in [0.5, 0.6) is 0 Å². The summed E-state index contributed by atoms with van der Waals surface area (Å²) in [6, 6.07) is 15.4. The molecule has 0 aliphatic heterocycles. The highest BCUT2D eigenvalue weighted by molar-refractivity contribution is 7.12. The number of rotatable bonds is 5. The molecule has 108 valence electrons. The third-order valence-electron chi connectivity index (χ3n) is 3.68. The smallest absolute Gasteiger partial charge is 0.0702 e. The highest BCUT2D eigenvalue weighted by Gasteiger charge is 2.15. The van der Waals surface area contributed by atoms with E-state index in [-0.39, 0.29) is 6.04 Å². The number of benzene rings is 1. The van der Waals surface area contributed by atoms with E-state index in [0.29, 0.717) is 0 Å². The molecule has 3 aromatic rings. The lowest BCUT2D eigenvalue weighted by atomic mass is 10.0. The second-order valence-corrected chi connectivity index (χ2v) is 6.30. The van der Waals surface area contributed by atoms with Gasteiger partial charge in [-0.25, -0.2) is 0 Å². The van der Waals surface area contributed by atoms with Crippen LogP contribution in [0, 0.1) is 0 Å². The molecule has 0 radical (unpaired) electrons. The third kappa shape index (κ3) is 2.99. The number of fused-ring (bicyclic) bond motifs is 1. The van der Waals surface area contributed by atoms with E-state index < -0.39 is 0 Å². The first-order valence-electron chi connectivity index (χ1n) is 7.48. The number of aromatic nitrogens is 1. The lowest BCUT2D eigenvalue weighted by Crippen LogP contribution is -2.21. The molecule has 0 saturated carbocycles. The van der Waals surface area contributed by atoms with Crippen molar-refractivity contribution in [2.75, 3.05) is 6.54 Å². The lowest BCUT2D eigenvalue weighted by Gasteiger charge is -2.17. The topological polar surface area (TPSA) is 24.9 Å². The van der Waals surface area contributed by atoms with E-state index in [1.807, 2.05) is 23.6 Å². The molecule has 0 bridgehead atoms. The first-order chi connectivity index (χ1) is 10.3. The van der Waals surface area contributed by atoms with Crippen LogP contribution in [0.1, 0.15) is 35.2 Å². The van der Waals surface area contributed by atoms with E-state index in [1.165, 1.54) is 20.7 Å². The van der Waals surface area contributed by atoms with Crippen molar-refractivity contribution in [3.8, 4) is 0 Å². The average molecular weight is 296 g/mol. The normalized spacial score (nSPS) is 12.7.